The minimum absolute atomic E-state index is 0.147. The molecule has 4 heteroatoms. The predicted octanol–water partition coefficient (Wildman–Crippen LogP) is 3.13. The third-order valence-electron chi connectivity index (χ3n) is 5.32. The van der Waals surface area contributed by atoms with Crippen molar-refractivity contribution in [3.05, 3.63) is 27.7 Å². The van der Waals surface area contributed by atoms with E-state index < -0.39 is 0 Å². The normalized spacial score (nSPS) is 21.4. The van der Waals surface area contributed by atoms with Gasteiger partial charge < -0.3 is 15.4 Å². The zero-order chi connectivity index (χ0) is 15.0. The first kappa shape index (κ1) is 15.3. The van der Waals surface area contributed by atoms with Crippen molar-refractivity contribution in [3.8, 4) is 5.75 Å². The number of nitrogens with zero attached hydrogens (tertiary/aromatic N) is 1. The standard InChI is InChI=1S/C17H25BrN2O/c1-20(2)17(6-3-4-7-17)15(19)11-13-10-14(18)9-12-5-8-21-16(12)13/h9-10,15H,3-8,11,19H2,1-2H3. The van der Waals surface area contributed by atoms with Gasteiger partial charge in [-0.15, -0.1) is 0 Å². The molecule has 1 saturated carbocycles. The lowest BCUT2D eigenvalue weighted by Gasteiger charge is -2.41. The van der Waals surface area contributed by atoms with Crippen molar-refractivity contribution in [2.24, 2.45) is 5.73 Å². The van der Waals surface area contributed by atoms with Gasteiger partial charge in [0.2, 0.25) is 0 Å². The summed E-state index contributed by atoms with van der Waals surface area (Å²) in [4.78, 5) is 2.35. The molecule has 1 atom stereocenters. The molecule has 0 spiro atoms. The van der Waals surface area contributed by atoms with Crippen molar-refractivity contribution in [3.63, 3.8) is 0 Å². The number of benzene rings is 1. The Morgan fingerprint density at radius 2 is 2.05 bits per heavy atom. The summed E-state index contributed by atoms with van der Waals surface area (Å²) >= 11 is 3.62. The van der Waals surface area contributed by atoms with Crippen LogP contribution in [0.4, 0.5) is 0 Å². The average molecular weight is 353 g/mol. The molecule has 1 unspecified atom stereocenters. The number of halogens is 1. The fraction of sp³-hybridized carbons (Fsp3) is 0.647. The van der Waals surface area contributed by atoms with Gasteiger partial charge in [0.25, 0.3) is 0 Å². The number of ether oxygens (including phenoxy) is 1. The van der Waals surface area contributed by atoms with E-state index in [-0.39, 0.29) is 11.6 Å². The molecule has 0 aromatic heterocycles. The van der Waals surface area contributed by atoms with Gasteiger partial charge in [-0.3, -0.25) is 0 Å². The van der Waals surface area contributed by atoms with E-state index >= 15 is 0 Å². The molecule has 1 fully saturated rings. The molecule has 0 saturated heterocycles. The van der Waals surface area contributed by atoms with E-state index in [1.54, 1.807) is 0 Å². The molecule has 1 heterocycles. The zero-order valence-electron chi connectivity index (χ0n) is 13.0. The van der Waals surface area contributed by atoms with Crippen molar-refractivity contribution in [1.29, 1.82) is 0 Å². The van der Waals surface area contributed by atoms with Gasteiger partial charge in [-0.2, -0.15) is 0 Å². The molecule has 0 bridgehead atoms. The summed E-state index contributed by atoms with van der Waals surface area (Å²) in [6.45, 7) is 0.798. The van der Waals surface area contributed by atoms with E-state index in [1.165, 1.54) is 36.8 Å². The van der Waals surface area contributed by atoms with Crippen LogP contribution >= 0.6 is 15.9 Å². The second kappa shape index (κ2) is 5.90. The van der Waals surface area contributed by atoms with Crippen LogP contribution in [0.2, 0.25) is 0 Å². The summed E-state index contributed by atoms with van der Waals surface area (Å²) in [5, 5.41) is 0. The lowest BCUT2D eigenvalue weighted by atomic mass is 9.83. The first-order chi connectivity index (χ1) is 10.0. The highest BCUT2D eigenvalue weighted by Gasteiger charge is 2.41. The Morgan fingerprint density at radius 1 is 1.33 bits per heavy atom. The van der Waals surface area contributed by atoms with E-state index in [1.807, 2.05) is 0 Å². The Kier molecular flexibility index (Phi) is 4.30. The van der Waals surface area contributed by atoms with Crippen molar-refractivity contribution in [2.45, 2.75) is 50.1 Å². The van der Waals surface area contributed by atoms with Crippen LogP contribution in [0.1, 0.15) is 36.8 Å². The molecule has 3 nitrogen and oxygen atoms in total. The van der Waals surface area contributed by atoms with Gasteiger partial charge in [0.05, 0.1) is 6.61 Å². The second-order valence-corrected chi connectivity index (χ2v) is 7.58. The molecule has 116 valence electrons. The summed E-state index contributed by atoms with van der Waals surface area (Å²) in [7, 11) is 4.35. The minimum Gasteiger partial charge on any atom is -0.493 e. The number of likely N-dealkylation sites (N-methyl/N-ethyl adjacent to an activating group) is 1. The lowest BCUT2D eigenvalue weighted by molar-refractivity contribution is 0.122. The fourth-order valence-electron chi connectivity index (χ4n) is 4.06. The maximum atomic E-state index is 6.68. The zero-order valence-corrected chi connectivity index (χ0v) is 14.6. The maximum Gasteiger partial charge on any atom is 0.125 e. The van der Waals surface area contributed by atoms with Crippen LogP contribution in [-0.2, 0) is 12.8 Å². The third kappa shape index (κ3) is 2.73. The Bertz CT molecular complexity index is 524. The quantitative estimate of drug-likeness (QED) is 0.904. The van der Waals surface area contributed by atoms with Crippen molar-refractivity contribution < 1.29 is 4.74 Å². The molecule has 1 aliphatic heterocycles. The van der Waals surface area contributed by atoms with E-state index in [0.29, 0.717) is 0 Å². The number of hydrogen-bond donors (Lipinski definition) is 1. The highest BCUT2D eigenvalue weighted by molar-refractivity contribution is 9.10. The van der Waals surface area contributed by atoms with Crippen molar-refractivity contribution >= 4 is 15.9 Å². The molecular formula is C17H25BrN2O. The molecule has 2 N–H and O–H groups in total. The first-order valence-corrected chi connectivity index (χ1v) is 8.69. The minimum atomic E-state index is 0.147. The summed E-state index contributed by atoms with van der Waals surface area (Å²) in [5.41, 5.74) is 9.40. The monoisotopic (exact) mass is 352 g/mol. The fourth-order valence-corrected chi connectivity index (χ4v) is 4.61. The van der Waals surface area contributed by atoms with E-state index in [2.05, 4.69) is 47.1 Å². The van der Waals surface area contributed by atoms with Gasteiger partial charge >= 0.3 is 0 Å². The number of nitrogens with two attached hydrogens (primary N) is 1. The molecular weight excluding hydrogens is 328 g/mol. The summed E-state index contributed by atoms with van der Waals surface area (Å²) in [6.07, 6.45) is 6.89. The first-order valence-electron chi connectivity index (χ1n) is 7.90. The van der Waals surface area contributed by atoms with Crippen LogP contribution in [0, 0.1) is 0 Å². The van der Waals surface area contributed by atoms with Gasteiger partial charge in [-0.25, -0.2) is 0 Å². The Balaban J connectivity index is 1.86. The molecule has 0 radical (unpaired) electrons. The summed E-state index contributed by atoms with van der Waals surface area (Å²) in [6, 6.07) is 4.51. The van der Waals surface area contributed by atoms with Crippen LogP contribution in [0.3, 0.4) is 0 Å². The summed E-state index contributed by atoms with van der Waals surface area (Å²) in [5.74, 6) is 1.08. The Labute approximate surface area is 136 Å². The SMILES string of the molecule is CN(C)C1(C(N)Cc2cc(Br)cc3c2OCC3)CCCC1. The van der Waals surface area contributed by atoms with E-state index in [0.717, 1.165) is 29.7 Å². The maximum absolute atomic E-state index is 6.68. The molecule has 21 heavy (non-hydrogen) atoms. The summed E-state index contributed by atoms with van der Waals surface area (Å²) < 4.78 is 6.99. The van der Waals surface area contributed by atoms with Crippen LogP contribution in [0.15, 0.2) is 16.6 Å². The Morgan fingerprint density at radius 3 is 2.71 bits per heavy atom. The largest absolute Gasteiger partial charge is 0.493 e. The second-order valence-electron chi connectivity index (χ2n) is 6.67. The van der Waals surface area contributed by atoms with Gasteiger partial charge in [-0.05, 0) is 56.6 Å². The molecule has 0 amide bonds. The van der Waals surface area contributed by atoms with E-state index in [4.69, 9.17) is 10.5 Å². The molecule has 2 aliphatic rings. The highest BCUT2D eigenvalue weighted by Crippen LogP contribution is 2.39. The molecule has 3 rings (SSSR count). The smallest absolute Gasteiger partial charge is 0.125 e. The lowest BCUT2D eigenvalue weighted by Crippen LogP contribution is -2.56. The van der Waals surface area contributed by atoms with Crippen LogP contribution in [-0.4, -0.2) is 37.2 Å². The van der Waals surface area contributed by atoms with Crippen LogP contribution in [0.25, 0.3) is 0 Å². The topological polar surface area (TPSA) is 38.5 Å². The number of rotatable bonds is 4. The van der Waals surface area contributed by atoms with Gasteiger partial charge in [0.15, 0.2) is 0 Å². The van der Waals surface area contributed by atoms with Crippen molar-refractivity contribution in [1.82, 2.24) is 4.90 Å². The third-order valence-corrected chi connectivity index (χ3v) is 5.77. The van der Waals surface area contributed by atoms with Gasteiger partial charge in [-0.1, -0.05) is 28.8 Å². The van der Waals surface area contributed by atoms with E-state index in [9.17, 15) is 0 Å². The van der Waals surface area contributed by atoms with Gasteiger partial charge in [0, 0.05) is 22.5 Å². The predicted molar refractivity (Wildman–Crippen MR) is 89.9 cm³/mol. The molecule has 1 aliphatic carbocycles. The van der Waals surface area contributed by atoms with Crippen LogP contribution < -0.4 is 10.5 Å². The highest BCUT2D eigenvalue weighted by atomic mass is 79.9. The number of hydrogen-bond acceptors (Lipinski definition) is 3. The van der Waals surface area contributed by atoms with Crippen molar-refractivity contribution in [2.75, 3.05) is 20.7 Å². The average Bonchev–Trinajstić information content (AvgIpc) is 3.07. The van der Waals surface area contributed by atoms with Gasteiger partial charge in [0.1, 0.15) is 5.75 Å². The Hall–Kier alpha value is -0.580. The molecule has 1 aromatic carbocycles. The number of fused-ring (bicyclic) bond motifs is 1. The molecule has 1 aromatic rings. The van der Waals surface area contributed by atoms with Crippen LogP contribution in [0.5, 0.6) is 5.75 Å².